The van der Waals surface area contributed by atoms with E-state index in [1.165, 1.54) is 11.1 Å². The van der Waals surface area contributed by atoms with Crippen LogP contribution in [0.3, 0.4) is 0 Å². The summed E-state index contributed by atoms with van der Waals surface area (Å²) in [5.41, 5.74) is 8.58. The second-order valence-electron chi connectivity index (χ2n) is 5.26. The average molecular weight is 281 g/mol. The van der Waals surface area contributed by atoms with Crippen LogP contribution in [0.15, 0.2) is 18.2 Å². The molecule has 0 aliphatic rings. The lowest BCUT2D eigenvalue weighted by atomic mass is 9.98. The molecule has 2 nitrogen and oxygen atoms in total. The van der Waals surface area contributed by atoms with E-state index in [-0.39, 0.29) is 0 Å². The van der Waals surface area contributed by atoms with E-state index in [1.807, 2.05) is 11.8 Å². The van der Waals surface area contributed by atoms with Crippen LogP contribution in [0, 0.1) is 6.92 Å². The van der Waals surface area contributed by atoms with Gasteiger partial charge in [-0.25, -0.2) is 0 Å². The highest BCUT2D eigenvalue weighted by Gasteiger charge is 2.05. The minimum Gasteiger partial charge on any atom is -0.493 e. The van der Waals surface area contributed by atoms with E-state index >= 15 is 0 Å². The number of hydrogen-bond acceptors (Lipinski definition) is 3. The number of nitrogens with two attached hydrogens (primary N) is 1. The first-order chi connectivity index (χ1) is 9.04. The Balaban J connectivity index is 2.32. The molecule has 0 aliphatic carbocycles. The fourth-order valence-corrected chi connectivity index (χ4v) is 2.86. The van der Waals surface area contributed by atoms with Crippen LogP contribution in [-0.4, -0.2) is 24.2 Å². The van der Waals surface area contributed by atoms with Crippen LogP contribution in [0.5, 0.6) is 5.75 Å². The summed E-state index contributed by atoms with van der Waals surface area (Å²) in [6.07, 6.45) is 1.05. The molecule has 1 aromatic carbocycles. The molecule has 1 atom stereocenters. The molecule has 0 saturated heterocycles. The molecule has 108 valence electrons. The van der Waals surface area contributed by atoms with E-state index in [9.17, 15) is 0 Å². The zero-order valence-corrected chi connectivity index (χ0v) is 13.4. The zero-order valence-electron chi connectivity index (χ0n) is 12.6. The molecule has 1 unspecified atom stereocenters. The van der Waals surface area contributed by atoms with Gasteiger partial charge in [-0.2, -0.15) is 11.8 Å². The molecular weight excluding hydrogens is 254 g/mol. The van der Waals surface area contributed by atoms with Gasteiger partial charge in [0.15, 0.2) is 0 Å². The van der Waals surface area contributed by atoms with Crippen molar-refractivity contribution in [3.8, 4) is 5.75 Å². The molecule has 0 aliphatic heterocycles. The highest BCUT2D eigenvalue weighted by Crippen LogP contribution is 2.23. The van der Waals surface area contributed by atoms with E-state index in [1.54, 1.807) is 0 Å². The van der Waals surface area contributed by atoms with Crippen molar-refractivity contribution in [2.24, 2.45) is 5.73 Å². The van der Waals surface area contributed by atoms with E-state index in [2.05, 4.69) is 45.9 Å². The zero-order chi connectivity index (χ0) is 14.3. The van der Waals surface area contributed by atoms with Gasteiger partial charge in [0.1, 0.15) is 5.75 Å². The third-order valence-electron chi connectivity index (χ3n) is 3.22. The number of benzene rings is 1. The molecule has 0 amide bonds. The summed E-state index contributed by atoms with van der Waals surface area (Å²) in [5.74, 6) is 3.56. The monoisotopic (exact) mass is 281 g/mol. The predicted octanol–water partition coefficient (Wildman–Crippen LogP) is 3.97. The van der Waals surface area contributed by atoms with E-state index in [0.29, 0.717) is 12.0 Å². The summed E-state index contributed by atoms with van der Waals surface area (Å²) < 4.78 is 5.78. The van der Waals surface area contributed by atoms with Gasteiger partial charge in [-0.1, -0.05) is 26.8 Å². The van der Waals surface area contributed by atoms with Crippen molar-refractivity contribution in [2.45, 2.75) is 46.1 Å². The van der Waals surface area contributed by atoms with Crippen LogP contribution in [0.2, 0.25) is 0 Å². The molecule has 0 aromatic heterocycles. The first-order valence-electron chi connectivity index (χ1n) is 7.11. The van der Waals surface area contributed by atoms with Gasteiger partial charge in [0.05, 0.1) is 6.61 Å². The Hall–Kier alpha value is -0.670. The Bertz CT molecular complexity index is 379. The minimum atomic E-state index is 0.317. The van der Waals surface area contributed by atoms with Gasteiger partial charge in [-0.05, 0) is 42.5 Å². The molecule has 0 bridgehead atoms. The summed E-state index contributed by atoms with van der Waals surface area (Å²) in [5, 5.41) is 0. The molecule has 0 heterocycles. The van der Waals surface area contributed by atoms with E-state index < -0.39 is 0 Å². The Morgan fingerprint density at radius 2 is 2.05 bits per heavy atom. The summed E-state index contributed by atoms with van der Waals surface area (Å²) in [7, 11) is 0. The lowest BCUT2D eigenvalue weighted by Gasteiger charge is -2.13. The van der Waals surface area contributed by atoms with Crippen molar-refractivity contribution in [1.82, 2.24) is 0 Å². The molecule has 0 spiro atoms. The number of aryl methyl sites for hydroxylation is 1. The largest absolute Gasteiger partial charge is 0.493 e. The molecule has 19 heavy (non-hydrogen) atoms. The second kappa shape index (κ2) is 8.49. The van der Waals surface area contributed by atoms with Gasteiger partial charge in [0.25, 0.3) is 0 Å². The Labute approximate surface area is 122 Å². The summed E-state index contributed by atoms with van der Waals surface area (Å²) in [4.78, 5) is 0. The molecule has 0 fully saturated rings. The average Bonchev–Trinajstić information content (AvgIpc) is 2.37. The van der Waals surface area contributed by atoms with Crippen molar-refractivity contribution in [2.75, 3.05) is 18.1 Å². The SMILES string of the molecule is CCC(N)CSCCOc1ccc(C(C)C)c(C)c1. The highest BCUT2D eigenvalue weighted by atomic mass is 32.2. The number of hydrogen-bond donors (Lipinski definition) is 1. The van der Waals surface area contributed by atoms with Crippen LogP contribution in [0.25, 0.3) is 0 Å². The molecule has 3 heteroatoms. The summed E-state index contributed by atoms with van der Waals surface area (Å²) in [6, 6.07) is 6.70. The van der Waals surface area contributed by atoms with Crippen LogP contribution in [0.4, 0.5) is 0 Å². The third-order valence-corrected chi connectivity index (χ3v) is 4.34. The molecular formula is C16H27NOS. The minimum absolute atomic E-state index is 0.317. The molecule has 2 N–H and O–H groups in total. The normalized spacial score (nSPS) is 12.7. The van der Waals surface area contributed by atoms with Crippen molar-refractivity contribution < 1.29 is 4.74 Å². The van der Waals surface area contributed by atoms with Gasteiger partial charge in [0, 0.05) is 17.5 Å². The lowest BCUT2D eigenvalue weighted by Crippen LogP contribution is -2.21. The smallest absolute Gasteiger partial charge is 0.119 e. The van der Waals surface area contributed by atoms with Crippen LogP contribution in [-0.2, 0) is 0 Å². The standard InChI is InChI=1S/C16H27NOS/c1-5-14(17)11-19-9-8-18-15-6-7-16(12(2)3)13(4)10-15/h6-7,10,12,14H,5,8-9,11,17H2,1-4H3. The number of ether oxygens (including phenoxy) is 1. The first-order valence-corrected chi connectivity index (χ1v) is 8.26. The fraction of sp³-hybridized carbons (Fsp3) is 0.625. The quantitative estimate of drug-likeness (QED) is 0.732. The second-order valence-corrected chi connectivity index (χ2v) is 6.41. The van der Waals surface area contributed by atoms with Crippen LogP contribution in [0.1, 0.15) is 44.2 Å². The van der Waals surface area contributed by atoms with Crippen LogP contribution < -0.4 is 10.5 Å². The van der Waals surface area contributed by atoms with Gasteiger partial charge in [-0.15, -0.1) is 0 Å². The maximum Gasteiger partial charge on any atom is 0.119 e. The Kier molecular flexibility index (Phi) is 7.32. The fourth-order valence-electron chi connectivity index (χ4n) is 1.96. The van der Waals surface area contributed by atoms with E-state index in [0.717, 1.165) is 30.3 Å². The van der Waals surface area contributed by atoms with E-state index in [4.69, 9.17) is 10.5 Å². The molecule has 1 rings (SSSR count). The molecule has 0 radical (unpaired) electrons. The summed E-state index contributed by atoms with van der Waals surface area (Å²) in [6.45, 7) is 9.46. The number of thioether (sulfide) groups is 1. The van der Waals surface area contributed by atoms with Crippen molar-refractivity contribution in [1.29, 1.82) is 0 Å². The lowest BCUT2D eigenvalue weighted by molar-refractivity contribution is 0.343. The maximum absolute atomic E-state index is 5.87. The Morgan fingerprint density at radius 1 is 1.32 bits per heavy atom. The Morgan fingerprint density at radius 3 is 2.63 bits per heavy atom. The van der Waals surface area contributed by atoms with Gasteiger partial charge in [-0.3, -0.25) is 0 Å². The van der Waals surface area contributed by atoms with Gasteiger partial charge in [0.2, 0.25) is 0 Å². The van der Waals surface area contributed by atoms with Crippen molar-refractivity contribution in [3.05, 3.63) is 29.3 Å². The van der Waals surface area contributed by atoms with Gasteiger partial charge >= 0.3 is 0 Å². The summed E-state index contributed by atoms with van der Waals surface area (Å²) >= 11 is 1.87. The first kappa shape index (κ1) is 16.4. The predicted molar refractivity (Wildman–Crippen MR) is 86.4 cm³/mol. The maximum atomic E-state index is 5.87. The van der Waals surface area contributed by atoms with Crippen LogP contribution >= 0.6 is 11.8 Å². The van der Waals surface area contributed by atoms with Gasteiger partial charge < -0.3 is 10.5 Å². The highest BCUT2D eigenvalue weighted by molar-refractivity contribution is 7.99. The topological polar surface area (TPSA) is 35.2 Å². The number of rotatable bonds is 8. The van der Waals surface area contributed by atoms with Crippen molar-refractivity contribution >= 4 is 11.8 Å². The third kappa shape index (κ3) is 5.87. The molecule has 0 saturated carbocycles. The molecule has 1 aromatic rings. The van der Waals surface area contributed by atoms with Crippen molar-refractivity contribution in [3.63, 3.8) is 0 Å².